The Balaban J connectivity index is 3.33. The minimum absolute atomic E-state index is 0.0523. The van der Waals surface area contributed by atoms with Crippen molar-refractivity contribution in [1.82, 2.24) is 0 Å². The van der Waals surface area contributed by atoms with Gasteiger partial charge in [-0.1, -0.05) is 69.2 Å². The van der Waals surface area contributed by atoms with Gasteiger partial charge in [-0.25, -0.2) is 0 Å². The fourth-order valence-electron chi connectivity index (χ4n) is 2.21. The van der Waals surface area contributed by atoms with E-state index in [4.69, 9.17) is 4.74 Å². The van der Waals surface area contributed by atoms with Crippen LogP contribution in [0.15, 0.2) is 18.2 Å². The van der Waals surface area contributed by atoms with Crippen LogP contribution >= 0.6 is 8.58 Å². The summed E-state index contributed by atoms with van der Waals surface area (Å²) in [4.78, 5) is 0. The number of rotatable bonds is 4. The molecule has 0 aliphatic rings. The molecule has 120 valence electrons. The van der Waals surface area contributed by atoms with Crippen LogP contribution in [0.5, 0.6) is 5.75 Å². The molecule has 1 nitrogen and oxygen atoms in total. The Kier molecular flexibility index (Phi) is 5.54. The van der Waals surface area contributed by atoms with Gasteiger partial charge >= 0.3 is 0 Å². The van der Waals surface area contributed by atoms with Crippen LogP contribution in [-0.4, -0.2) is 12.0 Å². The molecule has 0 saturated carbocycles. The second-order valence-electron chi connectivity index (χ2n) is 8.15. The average molecular weight is 308 g/mol. The molecule has 1 aromatic rings. The number of benzene rings is 1. The van der Waals surface area contributed by atoms with Crippen LogP contribution in [0.3, 0.4) is 0 Å². The van der Waals surface area contributed by atoms with Crippen molar-refractivity contribution >= 4 is 8.58 Å². The summed E-state index contributed by atoms with van der Waals surface area (Å²) in [6.07, 6.45) is 1.03. The number of hydrogen-bond donors (Lipinski definition) is 0. The maximum Gasteiger partial charge on any atom is 0.124 e. The summed E-state index contributed by atoms with van der Waals surface area (Å²) in [5.41, 5.74) is 2.94. The standard InChI is InChI=1S/C19H33OP/c1-10-19(8,21-9)20-16-12-11-14(17(2,3)4)13-15(16)18(5,6)7/h11-13,21H,10H2,1-9H3. The van der Waals surface area contributed by atoms with E-state index in [-0.39, 0.29) is 16.2 Å². The van der Waals surface area contributed by atoms with Crippen LogP contribution in [0.2, 0.25) is 0 Å². The zero-order valence-corrected chi connectivity index (χ0v) is 16.3. The van der Waals surface area contributed by atoms with E-state index in [0.29, 0.717) is 0 Å². The highest BCUT2D eigenvalue weighted by Crippen LogP contribution is 2.40. The van der Waals surface area contributed by atoms with Crippen LogP contribution in [0.1, 0.15) is 72.9 Å². The maximum atomic E-state index is 6.44. The highest BCUT2D eigenvalue weighted by Gasteiger charge is 2.27. The Morgan fingerprint density at radius 1 is 0.952 bits per heavy atom. The van der Waals surface area contributed by atoms with Crippen LogP contribution in [-0.2, 0) is 10.8 Å². The molecule has 2 heteroatoms. The molecule has 0 bridgehead atoms. The summed E-state index contributed by atoms with van der Waals surface area (Å²) in [5, 5.41) is -0.0523. The first-order valence-corrected chi connectivity index (χ1v) is 9.46. The number of ether oxygens (including phenoxy) is 1. The molecular formula is C19H33OP. The van der Waals surface area contributed by atoms with Gasteiger partial charge in [0.1, 0.15) is 11.1 Å². The summed E-state index contributed by atoms with van der Waals surface area (Å²) >= 11 is 0. The zero-order valence-electron chi connectivity index (χ0n) is 15.3. The van der Waals surface area contributed by atoms with Gasteiger partial charge in [-0.05, 0) is 48.0 Å². The van der Waals surface area contributed by atoms with Crippen molar-refractivity contribution in [2.24, 2.45) is 0 Å². The molecule has 21 heavy (non-hydrogen) atoms. The van der Waals surface area contributed by atoms with Gasteiger partial charge in [0.2, 0.25) is 0 Å². The molecule has 0 saturated heterocycles. The Morgan fingerprint density at radius 2 is 1.52 bits per heavy atom. The van der Waals surface area contributed by atoms with Gasteiger partial charge in [-0.3, -0.25) is 0 Å². The van der Waals surface area contributed by atoms with E-state index in [1.807, 2.05) is 0 Å². The molecule has 1 aromatic carbocycles. The van der Waals surface area contributed by atoms with Crippen LogP contribution in [0, 0.1) is 0 Å². The van der Waals surface area contributed by atoms with Crippen molar-refractivity contribution in [3.05, 3.63) is 29.3 Å². The summed E-state index contributed by atoms with van der Waals surface area (Å²) in [7, 11) is 0.771. The van der Waals surface area contributed by atoms with Crippen molar-refractivity contribution < 1.29 is 4.74 Å². The van der Waals surface area contributed by atoms with E-state index in [9.17, 15) is 0 Å². The Hall–Kier alpha value is -0.550. The monoisotopic (exact) mass is 308 g/mol. The van der Waals surface area contributed by atoms with Crippen molar-refractivity contribution in [3.8, 4) is 5.75 Å². The molecule has 0 N–H and O–H groups in total. The van der Waals surface area contributed by atoms with Crippen molar-refractivity contribution in [1.29, 1.82) is 0 Å². The summed E-state index contributed by atoms with van der Waals surface area (Å²) in [6.45, 7) is 20.2. The summed E-state index contributed by atoms with van der Waals surface area (Å²) < 4.78 is 6.44. The van der Waals surface area contributed by atoms with Gasteiger partial charge in [0, 0.05) is 0 Å². The Bertz CT molecular complexity index is 473. The summed E-state index contributed by atoms with van der Waals surface area (Å²) in [5.74, 6) is 1.05. The van der Waals surface area contributed by atoms with Gasteiger partial charge in [0.05, 0.1) is 0 Å². The molecule has 2 unspecified atom stereocenters. The topological polar surface area (TPSA) is 9.23 Å². The van der Waals surface area contributed by atoms with E-state index < -0.39 is 0 Å². The highest BCUT2D eigenvalue weighted by atomic mass is 31.1. The first-order valence-electron chi connectivity index (χ1n) is 7.96. The first kappa shape index (κ1) is 18.5. The molecule has 1 rings (SSSR count). The van der Waals surface area contributed by atoms with Gasteiger partial charge in [0.25, 0.3) is 0 Å². The molecule has 0 aromatic heterocycles. The van der Waals surface area contributed by atoms with Crippen LogP contribution in [0.25, 0.3) is 0 Å². The molecule has 0 heterocycles. The van der Waals surface area contributed by atoms with E-state index in [1.165, 1.54) is 11.1 Å². The minimum Gasteiger partial charge on any atom is -0.483 e. The van der Waals surface area contributed by atoms with E-state index >= 15 is 0 Å². The fraction of sp³-hybridized carbons (Fsp3) is 0.684. The zero-order chi connectivity index (χ0) is 16.5. The third-order valence-electron chi connectivity index (χ3n) is 4.19. The molecule has 0 aliphatic heterocycles. The van der Waals surface area contributed by atoms with E-state index in [0.717, 1.165) is 20.8 Å². The Morgan fingerprint density at radius 3 is 1.90 bits per heavy atom. The van der Waals surface area contributed by atoms with Gasteiger partial charge in [0.15, 0.2) is 0 Å². The lowest BCUT2D eigenvalue weighted by molar-refractivity contribution is 0.174. The lowest BCUT2D eigenvalue weighted by atomic mass is 9.80. The molecule has 0 aliphatic carbocycles. The minimum atomic E-state index is -0.0523. The van der Waals surface area contributed by atoms with Crippen molar-refractivity contribution in [2.75, 3.05) is 6.66 Å². The molecule has 0 spiro atoms. The second-order valence-corrected chi connectivity index (χ2v) is 9.71. The quantitative estimate of drug-likeness (QED) is 0.611. The van der Waals surface area contributed by atoms with Crippen molar-refractivity contribution in [2.45, 2.75) is 78.0 Å². The smallest absolute Gasteiger partial charge is 0.124 e. The summed E-state index contributed by atoms with van der Waals surface area (Å²) in [6, 6.07) is 6.73. The van der Waals surface area contributed by atoms with Crippen LogP contribution in [0.4, 0.5) is 0 Å². The molecular weight excluding hydrogens is 275 g/mol. The van der Waals surface area contributed by atoms with Gasteiger partial charge in [-0.2, -0.15) is 0 Å². The molecule has 2 atom stereocenters. The molecule has 0 fully saturated rings. The Labute approximate surface area is 133 Å². The normalized spacial score (nSPS) is 16.2. The largest absolute Gasteiger partial charge is 0.483 e. The van der Waals surface area contributed by atoms with E-state index in [1.54, 1.807) is 0 Å². The predicted molar refractivity (Wildman–Crippen MR) is 97.4 cm³/mol. The third kappa shape index (κ3) is 4.71. The average Bonchev–Trinajstić information content (AvgIpc) is 2.36. The molecule has 0 amide bonds. The fourth-order valence-corrected chi connectivity index (χ4v) is 2.78. The lowest BCUT2D eigenvalue weighted by Crippen LogP contribution is -2.27. The lowest BCUT2D eigenvalue weighted by Gasteiger charge is -2.33. The second kappa shape index (κ2) is 6.29. The SMILES string of the molecule is CCC(C)(Oc1ccc(C(C)(C)C)cc1C(C)(C)C)PC. The maximum absolute atomic E-state index is 6.44. The van der Waals surface area contributed by atoms with Crippen molar-refractivity contribution in [3.63, 3.8) is 0 Å². The first-order chi connectivity index (χ1) is 9.43. The van der Waals surface area contributed by atoms with E-state index in [2.05, 4.69) is 80.3 Å². The van der Waals surface area contributed by atoms with Gasteiger partial charge in [-0.15, -0.1) is 0 Å². The third-order valence-corrected chi connectivity index (χ3v) is 5.71. The highest BCUT2D eigenvalue weighted by molar-refractivity contribution is 7.38. The number of hydrogen-bond acceptors (Lipinski definition) is 1. The molecule has 0 radical (unpaired) electrons. The van der Waals surface area contributed by atoms with Crippen LogP contribution < -0.4 is 4.74 Å². The van der Waals surface area contributed by atoms with Gasteiger partial charge < -0.3 is 4.74 Å². The predicted octanol–water partition coefficient (Wildman–Crippen LogP) is 6.09.